The number of alkyl halides is 3. The van der Waals surface area contributed by atoms with Crippen LogP contribution < -0.4 is 15.3 Å². The highest BCUT2D eigenvalue weighted by Gasteiger charge is 2.32. The molecule has 0 spiro atoms. The van der Waals surface area contributed by atoms with Gasteiger partial charge in [-0.2, -0.15) is 13.2 Å². The zero-order valence-corrected chi connectivity index (χ0v) is 22.1. The van der Waals surface area contributed by atoms with Crippen molar-refractivity contribution in [2.75, 3.05) is 31.3 Å². The number of nitrogens with one attached hydrogen (secondary N) is 2. The summed E-state index contributed by atoms with van der Waals surface area (Å²) in [5.74, 6) is -0.232. The smallest absolute Gasteiger partial charge is 0.416 e. The highest BCUT2D eigenvalue weighted by molar-refractivity contribution is 6.04. The van der Waals surface area contributed by atoms with Gasteiger partial charge in [-0.1, -0.05) is 22.9 Å². The predicted octanol–water partition coefficient (Wildman–Crippen LogP) is 5.40. The van der Waals surface area contributed by atoms with Crippen molar-refractivity contribution in [2.45, 2.75) is 44.3 Å². The number of aromatic nitrogens is 2. The van der Waals surface area contributed by atoms with Crippen LogP contribution in [0.4, 0.5) is 35.2 Å². The Kier molecular flexibility index (Phi) is 8.93. The van der Waals surface area contributed by atoms with Gasteiger partial charge in [0.05, 0.1) is 12.0 Å². The standard InChI is InChI=1S/C27H31F3N6O4/c1-35(2)15-17-7-9-22(10-8-17)36-16-25(40-34-36)33-26(39)32-21-13-19(27(28,29)30)12-20(14-21)31-24(38)11-18-5-3-4-6-23(18)37/h3-6,12-14,16-17,22H,7-11,15H2,1-2H3,(H3-,31,32,33,34,37,38,39). The molecular weight excluding hydrogens is 529 g/mol. The normalized spacial score (nSPS) is 17.4. The number of hydrogen-bond donors (Lipinski definition) is 3. The summed E-state index contributed by atoms with van der Waals surface area (Å²) in [6.45, 7) is 1.02. The Bertz CT molecular complexity index is 1340. The number of nitrogens with zero attached hydrogens (tertiary/aromatic N) is 4. The molecule has 3 amide bonds. The second kappa shape index (κ2) is 12.4. The molecule has 1 fully saturated rings. The summed E-state index contributed by atoms with van der Waals surface area (Å²) < 4.78 is 47.4. The second-order valence-corrected chi connectivity index (χ2v) is 10.1. The summed E-state index contributed by atoms with van der Waals surface area (Å²) in [6, 6.07) is 7.94. The van der Waals surface area contributed by atoms with E-state index in [1.165, 1.54) is 24.4 Å². The predicted molar refractivity (Wildman–Crippen MR) is 140 cm³/mol. The third-order valence-electron chi connectivity index (χ3n) is 6.63. The van der Waals surface area contributed by atoms with Gasteiger partial charge in [0.1, 0.15) is 5.75 Å². The highest BCUT2D eigenvalue weighted by atomic mass is 19.4. The van der Waals surface area contributed by atoms with Crippen molar-refractivity contribution >= 4 is 29.2 Å². The van der Waals surface area contributed by atoms with E-state index in [0.29, 0.717) is 11.5 Å². The summed E-state index contributed by atoms with van der Waals surface area (Å²) >= 11 is 0. The van der Waals surface area contributed by atoms with Gasteiger partial charge >= 0.3 is 6.18 Å². The minimum absolute atomic E-state index is 0.0870. The van der Waals surface area contributed by atoms with E-state index in [0.717, 1.165) is 44.4 Å². The molecule has 1 aromatic heterocycles. The number of phenolic OH excluding ortho intramolecular Hbond substituents is 1. The first-order chi connectivity index (χ1) is 19.0. The summed E-state index contributed by atoms with van der Waals surface area (Å²) in [7, 11) is 4.10. The number of anilines is 2. The maximum atomic E-state index is 13.5. The van der Waals surface area contributed by atoms with Crippen LogP contribution >= 0.6 is 0 Å². The van der Waals surface area contributed by atoms with Crippen molar-refractivity contribution in [3.8, 4) is 5.75 Å². The van der Waals surface area contributed by atoms with Gasteiger partial charge < -0.3 is 30.5 Å². The van der Waals surface area contributed by atoms with Gasteiger partial charge in [-0.05, 0) is 62.8 Å². The van der Waals surface area contributed by atoms with Crippen molar-refractivity contribution in [3.05, 3.63) is 65.1 Å². The molecule has 0 radical (unpaired) electrons. The molecule has 214 valence electrons. The number of rotatable bonds is 8. The number of carbonyl (C=O) groups excluding carboxylic acids is 2. The Morgan fingerprint density at radius 2 is 1.77 bits per heavy atom. The van der Waals surface area contributed by atoms with E-state index >= 15 is 0 Å². The number of hydrogen-bond acceptors (Lipinski definition) is 6. The largest absolute Gasteiger partial charge is 0.508 e. The Labute approximate surface area is 229 Å². The first-order valence-corrected chi connectivity index (χ1v) is 12.8. The number of urea groups is 1. The Morgan fingerprint density at radius 1 is 1.10 bits per heavy atom. The van der Waals surface area contributed by atoms with Gasteiger partial charge in [0.2, 0.25) is 18.0 Å². The van der Waals surface area contributed by atoms with E-state index in [1.807, 2.05) is 14.1 Å². The van der Waals surface area contributed by atoms with Crippen LogP contribution in [0.5, 0.6) is 5.75 Å². The van der Waals surface area contributed by atoms with Crippen LogP contribution in [0.1, 0.15) is 42.9 Å². The van der Waals surface area contributed by atoms with Crippen LogP contribution in [0.15, 0.2) is 53.2 Å². The molecule has 3 aromatic rings. The van der Waals surface area contributed by atoms with E-state index in [2.05, 4.69) is 26.1 Å². The fourth-order valence-corrected chi connectivity index (χ4v) is 4.80. The Hall–Kier alpha value is -4.13. The van der Waals surface area contributed by atoms with Crippen molar-refractivity contribution in [1.82, 2.24) is 10.2 Å². The molecule has 1 saturated carbocycles. The van der Waals surface area contributed by atoms with E-state index < -0.39 is 23.7 Å². The number of benzene rings is 2. The Balaban J connectivity index is 1.39. The summed E-state index contributed by atoms with van der Waals surface area (Å²) in [5, 5.41) is 22.3. The number of carbonyl (C=O) groups is 2. The molecule has 0 bridgehead atoms. The minimum Gasteiger partial charge on any atom is -0.508 e. The zero-order valence-electron chi connectivity index (χ0n) is 22.1. The van der Waals surface area contributed by atoms with Crippen molar-refractivity contribution in [3.63, 3.8) is 0 Å². The first kappa shape index (κ1) is 28.9. The zero-order chi connectivity index (χ0) is 28.9. The van der Waals surface area contributed by atoms with E-state index in [-0.39, 0.29) is 35.5 Å². The van der Waals surface area contributed by atoms with Crippen molar-refractivity contribution in [1.29, 1.82) is 0 Å². The highest BCUT2D eigenvalue weighted by Crippen LogP contribution is 2.34. The maximum absolute atomic E-state index is 13.5. The van der Waals surface area contributed by atoms with Gasteiger partial charge in [-0.3, -0.25) is 9.59 Å². The van der Waals surface area contributed by atoms with E-state index in [1.54, 1.807) is 16.8 Å². The number of halogens is 3. The third kappa shape index (κ3) is 7.94. The number of amides is 3. The van der Waals surface area contributed by atoms with Crippen LogP contribution in [0, 0.1) is 5.92 Å². The molecule has 1 aliphatic rings. The number of phenols is 1. The van der Waals surface area contributed by atoms with Crippen LogP contribution in [0.25, 0.3) is 5.32 Å². The van der Waals surface area contributed by atoms with Gasteiger partial charge in [-0.15, -0.1) is 0 Å². The van der Waals surface area contributed by atoms with Gasteiger partial charge in [0.15, 0.2) is 17.3 Å². The lowest BCUT2D eigenvalue weighted by atomic mass is 9.86. The molecule has 10 nitrogen and oxygen atoms in total. The van der Waals surface area contributed by atoms with Crippen molar-refractivity contribution < 1.29 is 37.1 Å². The quantitative estimate of drug-likeness (QED) is 0.317. The second-order valence-electron chi connectivity index (χ2n) is 10.1. The molecule has 3 N–H and O–H groups in total. The lowest BCUT2D eigenvalue weighted by Crippen LogP contribution is -2.43. The van der Waals surface area contributed by atoms with Crippen LogP contribution in [-0.4, -0.2) is 47.9 Å². The van der Waals surface area contributed by atoms with Crippen molar-refractivity contribution in [2.24, 2.45) is 5.92 Å². The lowest BCUT2D eigenvalue weighted by Gasteiger charge is -2.26. The summed E-state index contributed by atoms with van der Waals surface area (Å²) in [4.78, 5) is 27.1. The number of para-hydroxylation sites is 1. The van der Waals surface area contributed by atoms with Crippen LogP contribution in [0.3, 0.4) is 0 Å². The molecular formula is C27H31F3N6O4. The fraction of sp³-hybridized carbons (Fsp3) is 0.407. The molecule has 13 heteroatoms. The average Bonchev–Trinajstić information content (AvgIpc) is 3.33. The first-order valence-electron chi connectivity index (χ1n) is 12.8. The SMILES string of the molecule is CN(C)CC1CCC([n+]2cc([N-]C(=O)Nc3cc(NC(=O)Cc4ccccc4O)cc(C(F)(F)F)c3)on2)CC1. The fourth-order valence-electron chi connectivity index (χ4n) is 4.80. The molecule has 1 heterocycles. The molecule has 4 rings (SSSR count). The average molecular weight is 561 g/mol. The number of aromatic hydroxyl groups is 1. The third-order valence-corrected chi connectivity index (χ3v) is 6.63. The molecule has 1 aliphatic carbocycles. The van der Waals surface area contributed by atoms with Crippen LogP contribution in [-0.2, 0) is 17.4 Å². The minimum atomic E-state index is -4.74. The summed E-state index contributed by atoms with van der Waals surface area (Å²) in [5.41, 5.74) is -1.18. The van der Waals surface area contributed by atoms with E-state index in [4.69, 9.17) is 4.52 Å². The molecule has 0 unspecified atom stereocenters. The van der Waals surface area contributed by atoms with E-state index in [9.17, 15) is 27.9 Å². The lowest BCUT2D eigenvalue weighted by molar-refractivity contribution is -0.787. The molecule has 40 heavy (non-hydrogen) atoms. The maximum Gasteiger partial charge on any atom is 0.416 e. The topological polar surface area (TPSA) is 126 Å². The monoisotopic (exact) mass is 560 g/mol. The summed E-state index contributed by atoms with van der Waals surface area (Å²) in [6.07, 6.45) is 0.383. The van der Waals surface area contributed by atoms with Gasteiger partial charge in [0.25, 0.3) is 0 Å². The van der Waals surface area contributed by atoms with Gasteiger partial charge in [-0.25, -0.2) is 0 Å². The molecule has 0 aliphatic heterocycles. The molecule has 0 atom stereocenters. The molecule has 2 aromatic carbocycles. The molecule has 0 saturated heterocycles. The Morgan fingerprint density at radius 3 is 2.42 bits per heavy atom. The van der Waals surface area contributed by atoms with Crippen LogP contribution in [0.2, 0.25) is 0 Å². The van der Waals surface area contributed by atoms with Gasteiger partial charge in [0, 0.05) is 30.6 Å².